The lowest BCUT2D eigenvalue weighted by Crippen LogP contribution is -2.49. The van der Waals surface area contributed by atoms with Crippen molar-refractivity contribution in [3.63, 3.8) is 0 Å². The molecule has 0 radical (unpaired) electrons. The summed E-state index contributed by atoms with van der Waals surface area (Å²) in [5, 5.41) is 6.50. The maximum atomic E-state index is 13.5. The molecule has 0 bridgehead atoms. The number of hydrogen-bond donors (Lipinski definition) is 1. The van der Waals surface area contributed by atoms with Gasteiger partial charge in [0.1, 0.15) is 12.6 Å². The van der Waals surface area contributed by atoms with Gasteiger partial charge in [0.05, 0.1) is 0 Å². The van der Waals surface area contributed by atoms with E-state index in [1.807, 2.05) is 48.5 Å². The average molecular weight is 485 g/mol. The molecule has 3 aromatic rings. The zero-order valence-electron chi connectivity index (χ0n) is 19.4. The van der Waals surface area contributed by atoms with Crippen LogP contribution < -0.4 is 10.2 Å². The number of aromatic nitrogens is 2. The van der Waals surface area contributed by atoms with Gasteiger partial charge < -0.3 is 10.2 Å². The van der Waals surface area contributed by atoms with E-state index >= 15 is 0 Å². The third-order valence-corrected chi connectivity index (χ3v) is 6.21. The Kier molecular flexibility index (Phi) is 7.23. The number of likely N-dealkylation sites (N-methyl/N-ethyl adjacent to an activating group) is 1. The molecule has 0 saturated carbocycles. The Morgan fingerprint density at radius 3 is 2.31 bits per heavy atom. The molecule has 6 nitrogen and oxygen atoms in total. The van der Waals surface area contributed by atoms with Crippen molar-refractivity contribution in [1.82, 2.24) is 15.1 Å². The van der Waals surface area contributed by atoms with Crippen LogP contribution in [0.1, 0.15) is 35.4 Å². The molecule has 0 fully saturated rings. The minimum atomic E-state index is -4.58. The number of benzene rings is 2. The summed E-state index contributed by atoms with van der Waals surface area (Å²) >= 11 is 0. The molecule has 1 aliphatic rings. The van der Waals surface area contributed by atoms with Gasteiger partial charge in [-0.3, -0.25) is 14.3 Å². The van der Waals surface area contributed by atoms with Gasteiger partial charge in [0.15, 0.2) is 5.69 Å². The lowest BCUT2D eigenvalue weighted by atomic mass is 9.95. The number of anilines is 1. The van der Waals surface area contributed by atoms with Crippen molar-refractivity contribution in [3.05, 3.63) is 83.2 Å². The van der Waals surface area contributed by atoms with Gasteiger partial charge in [-0.05, 0) is 43.4 Å². The first-order valence-corrected chi connectivity index (χ1v) is 11.6. The number of alkyl halides is 3. The maximum absolute atomic E-state index is 13.5. The Morgan fingerprint density at radius 2 is 1.66 bits per heavy atom. The summed E-state index contributed by atoms with van der Waals surface area (Å²) in [5.41, 5.74) is 1.23. The van der Waals surface area contributed by atoms with E-state index in [1.54, 1.807) is 19.2 Å². The van der Waals surface area contributed by atoms with Crippen molar-refractivity contribution < 1.29 is 22.8 Å². The normalized spacial score (nSPS) is 14.2. The van der Waals surface area contributed by atoms with Crippen LogP contribution in [0.5, 0.6) is 0 Å². The van der Waals surface area contributed by atoms with Crippen LogP contribution in [-0.4, -0.2) is 34.7 Å². The second kappa shape index (κ2) is 10.3. The van der Waals surface area contributed by atoms with Gasteiger partial charge in [0.2, 0.25) is 11.8 Å². The van der Waals surface area contributed by atoms with Crippen molar-refractivity contribution in [2.75, 3.05) is 11.9 Å². The monoisotopic (exact) mass is 484 g/mol. The van der Waals surface area contributed by atoms with Gasteiger partial charge in [0, 0.05) is 30.4 Å². The fraction of sp³-hybridized carbons (Fsp3) is 0.346. The Labute approximate surface area is 201 Å². The maximum Gasteiger partial charge on any atom is 0.435 e. The lowest BCUT2D eigenvalue weighted by Gasteiger charge is -2.25. The number of hydrogen-bond acceptors (Lipinski definition) is 3. The molecule has 35 heavy (non-hydrogen) atoms. The van der Waals surface area contributed by atoms with E-state index in [0.29, 0.717) is 30.6 Å². The Balaban J connectivity index is 1.56. The molecular weight excluding hydrogens is 457 g/mol. The average Bonchev–Trinajstić information content (AvgIpc) is 3.23. The number of fused-ring (bicyclic) bond motifs is 1. The van der Waals surface area contributed by atoms with Crippen LogP contribution in [0.25, 0.3) is 0 Å². The molecule has 0 spiro atoms. The number of nitrogens with zero attached hydrogens (tertiary/aromatic N) is 3. The summed E-state index contributed by atoms with van der Waals surface area (Å²) in [6, 6.07) is 17.4. The van der Waals surface area contributed by atoms with Crippen molar-refractivity contribution in [1.29, 1.82) is 0 Å². The smallest absolute Gasteiger partial charge is 0.342 e. The fourth-order valence-corrected chi connectivity index (χ4v) is 4.47. The van der Waals surface area contributed by atoms with Gasteiger partial charge in [-0.15, -0.1) is 0 Å². The highest BCUT2D eigenvalue weighted by molar-refractivity contribution is 5.99. The molecule has 9 heteroatoms. The molecule has 0 unspecified atom stereocenters. The van der Waals surface area contributed by atoms with Gasteiger partial charge in [-0.2, -0.15) is 18.3 Å². The molecular formula is C26H27F3N4O2. The highest BCUT2D eigenvalue weighted by Gasteiger charge is 2.39. The number of amides is 2. The van der Waals surface area contributed by atoms with Crippen LogP contribution in [0, 0.1) is 0 Å². The van der Waals surface area contributed by atoms with Crippen LogP contribution in [-0.2, 0) is 41.6 Å². The van der Waals surface area contributed by atoms with E-state index in [4.69, 9.17) is 0 Å². The van der Waals surface area contributed by atoms with E-state index in [1.165, 1.54) is 4.90 Å². The lowest BCUT2D eigenvalue weighted by molar-refractivity contribution is -0.142. The minimum absolute atomic E-state index is 0.178. The van der Waals surface area contributed by atoms with Crippen LogP contribution >= 0.6 is 0 Å². The number of nitrogens with one attached hydrogen (secondary N) is 1. The van der Waals surface area contributed by atoms with Gasteiger partial charge in [0.25, 0.3) is 0 Å². The highest BCUT2D eigenvalue weighted by Crippen LogP contribution is 2.35. The zero-order valence-corrected chi connectivity index (χ0v) is 19.4. The topological polar surface area (TPSA) is 67.2 Å². The Bertz CT molecular complexity index is 1180. The summed E-state index contributed by atoms with van der Waals surface area (Å²) in [6.45, 7) is -0.383. The minimum Gasteiger partial charge on any atom is -0.342 e. The zero-order chi connectivity index (χ0) is 25.0. The highest BCUT2D eigenvalue weighted by atomic mass is 19.4. The van der Waals surface area contributed by atoms with Crippen molar-refractivity contribution >= 4 is 17.5 Å². The molecule has 2 aromatic carbocycles. The SMILES string of the molecule is CN(C(=O)[C@H](Cc1ccccc1)NC(=O)Cn1nc(C(F)(F)F)c2c1CCCC2)c1ccccc1. The molecule has 2 amide bonds. The van der Waals surface area contributed by atoms with Gasteiger partial charge in [-0.1, -0.05) is 48.5 Å². The summed E-state index contributed by atoms with van der Waals surface area (Å²) in [4.78, 5) is 27.8. The summed E-state index contributed by atoms with van der Waals surface area (Å²) in [7, 11) is 1.63. The Morgan fingerprint density at radius 1 is 1.03 bits per heavy atom. The molecule has 0 saturated heterocycles. The van der Waals surface area contributed by atoms with Crippen LogP contribution in [0.3, 0.4) is 0 Å². The van der Waals surface area contributed by atoms with Crippen LogP contribution in [0.15, 0.2) is 60.7 Å². The molecule has 0 aliphatic heterocycles. The second-order valence-electron chi connectivity index (χ2n) is 8.68. The third kappa shape index (κ3) is 5.72. The van der Waals surface area contributed by atoms with Crippen LogP contribution in [0.4, 0.5) is 18.9 Å². The van der Waals surface area contributed by atoms with Crippen LogP contribution in [0.2, 0.25) is 0 Å². The number of para-hydroxylation sites is 1. The van der Waals surface area contributed by atoms with E-state index in [9.17, 15) is 22.8 Å². The fourth-order valence-electron chi connectivity index (χ4n) is 4.47. The van der Waals surface area contributed by atoms with E-state index in [0.717, 1.165) is 16.7 Å². The summed E-state index contributed by atoms with van der Waals surface area (Å²) < 4.78 is 41.7. The molecule has 1 N–H and O–H groups in total. The first kappa shape index (κ1) is 24.5. The van der Waals surface area contributed by atoms with Crippen molar-refractivity contribution in [2.24, 2.45) is 0 Å². The number of halogens is 3. The predicted molar refractivity (Wildman–Crippen MR) is 126 cm³/mol. The second-order valence-corrected chi connectivity index (χ2v) is 8.68. The molecule has 1 atom stereocenters. The predicted octanol–water partition coefficient (Wildman–Crippen LogP) is 4.17. The quantitative estimate of drug-likeness (QED) is 0.548. The Hall–Kier alpha value is -3.62. The van der Waals surface area contributed by atoms with Crippen molar-refractivity contribution in [2.45, 2.75) is 50.9 Å². The first-order valence-electron chi connectivity index (χ1n) is 11.6. The molecule has 1 heterocycles. The number of rotatable bonds is 7. The van der Waals surface area contributed by atoms with Gasteiger partial charge in [-0.25, -0.2) is 0 Å². The number of carbonyl (C=O) groups is 2. The summed E-state index contributed by atoms with van der Waals surface area (Å²) in [5.74, 6) is -0.891. The van der Waals surface area contributed by atoms with Gasteiger partial charge >= 0.3 is 6.18 Å². The van der Waals surface area contributed by atoms with E-state index in [2.05, 4.69) is 10.4 Å². The molecule has 1 aromatic heterocycles. The van der Waals surface area contributed by atoms with Crippen molar-refractivity contribution in [3.8, 4) is 0 Å². The van der Waals surface area contributed by atoms with E-state index < -0.39 is 23.8 Å². The van der Waals surface area contributed by atoms with E-state index in [-0.39, 0.29) is 24.4 Å². The third-order valence-electron chi connectivity index (χ3n) is 6.21. The number of carbonyl (C=O) groups excluding carboxylic acids is 2. The molecule has 184 valence electrons. The largest absolute Gasteiger partial charge is 0.435 e. The standard InChI is InChI=1S/C26H27F3N4O2/c1-32(19-12-6-3-7-13-19)25(35)21(16-18-10-4-2-5-11-18)30-23(34)17-33-22-15-9-8-14-20(22)24(31-33)26(27,28)29/h2-7,10-13,21H,8-9,14-17H2,1H3,(H,30,34)/t21-/m0/s1. The summed E-state index contributed by atoms with van der Waals surface area (Å²) in [6.07, 6.45) is -2.19. The molecule has 4 rings (SSSR count). The first-order chi connectivity index (χ1) is 16.7. The molecule has 1 aliphatic carbocycles.